The minimum absolute atomic E-state index is 0.0404. The molecule has 1 saturated carbocycles. The van der Waals surface area contributed by atoms with Crippen LogP contribution in [0.3, 0.4) is 0 Å². The van der Waals surface area contributed by atoms with E-state index >= 15 is 0 Å². The molecule has 0 bridgehead atoms. The van der Waals surface area contributed by atoms with Gasteiger partial charge in [0, 0.05) is 31.2 Å². The minimum Gasteiger partial charge on any atom is -0.444 e. The molecule has 4 rings (SSSR count). The summed E-state index contributed by atoms with van der Waals surface area (Å²) in [5.74, 6) is 1.14. The van der Waals surface area contributed by atoms with E-state index in [2.05, 4.69) is 20.4 Å². The van der Waals surface area contributed by atoms with E-state index in [0.717, 1.165) is 56.6 Å². The first-order chi connectivity index (χ1) is 16.8. The van der Waals surface area contributed by atoms with E-state index in [1.807, 2.05) is 39.0 Å². The lowest BCUT2D eigenvalue weighted by atomic mass is 9.82. The molecule has 0 spiro atoms. The molecule has 0 radical (unpaired) electrons. The molecule has 1 amide bonds. The zero-order chi connectivity index (χ0) is 24.8. The lowest BCUT2D eigenvalue weighted by Crippen LogP contribution is -2.53. The van der Waals surface area contributed by atoms with Crippen molar-refractivity contribution in [2.45, 2.75) is 76.5 Å². The number of aromatic nitrogens is 2. The van der Waals surface area contributed by atoms with Crippen molar-refractivity contribution in [2.24, 2.45) is 5.92 Å². The van der Waals surface area contributed by atoms with Gasteiger partial charge in [-0.3, -0.25) is 0 Å². The van der Waals surface area contributed by atoms with Crippen LogP contribution in [0, 0.1) is 11.7 Å². The third-order valence-electron chi connectivity index (χ3n) is 6.86. The number of hydrogen-bond donors (Lipinski definition) is 1. The Hall–Kier alpha value is -2.74. The van der Waals surface area contributed by atoms with Crippen molar-refractivity contribution < 1.29 is 18.7 Å². The highest BCUT2D eigenvalue weighted by Gasteiger charge is 2.33. The van der Waals surface area contributed by atoms with Crippen LogP contribution in [0.1, 0.15) is 64.4 Å². The molecule has 1 aliphatic carbocycles. The highest BCUT2D eigenvalue weighted by atomic mass is 19.1. The summed E-state index contributed by atoms with van der Waals surface area (Å²) in [6, 6.07) is 10.8. The zero-order valence-electron chi connectivity index (χ0n) is 21.0. The Bertz CT molecular complexity index is 960. The largest absolute Gasteiger partial charge is 0.444 e. The lowest BCUT2D eigenvalue weighted by molar-refractivity contribution is -0.00575. The van der Waals surface area contributed by atoms with Gasteiger partial charge in [-0.2, -0.15) is 5.10 Å². The molecule has 2 aromatic rings. The van der Waals surface area contributed by atoms with E-state index in [1.165, 1.54) is 6.07 Å². The highest BCUT2D eigenvalue weighted by molar-refractivity contribution is 5.68. The molecule has 35 heavy (non-hydrogen) atoms. The van der Waals surface area contributed by atoms with Crippen molar-refractivity contribution in [3.8, 4) is 0 Å². The van der Waals surface area contributed by atoms with Crippen LogP contribution in [0.25, 0.3) is 0 Å². The maximum Gasteiger partial charge on any atom is 0.407 e. The average Bonchev–Trinajstić information content (AvgIpc) is 2.83. The summed E-state index contributed by atoms with van der Waals surface area (Å²) in [7, 11) is 0. The molecule has 190 valence electrons. The van der Waals surface area contributed by atoms with Gasteiger partial charge in [0.1, 0.15) is 11.4 Å². The number of piperidine rings is 1. The summed E-state index contributed by atoms with van der Waals surface area (Å²) < 4.78 is 25.5. The fourth-order valence-electron chi connectivity index (χ4n) is 5.10. The molecule has 7 nitrogen and oxygen atoms in total. The van der Waals surface area contributed by atoms with Gasteiger partial charge in [0.05, 0.1) is 12.7 Å². The Balaban J connectivity index is 1.34. The number of ether oxygens (including phenoxy) is 2. The Morgan fingerprint density at radius 1 is 1.14 bits per heavy atom. The molecule has 2 heterocycles. The number of alkyl carbamates (subject to hydrolysis) is 1. The Morgan fingerprint density at radius 3 is 2.63 bits per heavy atom. The number of nitrogens with zero attached hydrogens (tertiary/aromatic N) is 3. The van der Waals surface area contributed by atoms with Crippen molar-refractivity contribution in [3.63, 3.8) is 0 Å². The summed E-state index contributed by atoms with van der Waals surface area (Å²) in [5, 5.41) is 11.4. The van der Waals surface area contributed by atoms with Crippen molar-refractivity contribution in [1.82, 2.24) is 15.5 Å². The number of hydrogen-bond acceptors (Lipinski definition) is 6. The van der Waals surface area contributed by atoms with E-state index in [0.29, 0.717) is 12.5 Å². The fourth-order valence-corrected chi connectivity index (χ4v) is 5.10. The predicted octanol–water partition coefficient (Wildman–Crippen LogP) is 5.08. The number of nitrogens with one attached hydrogen (secondary N) is 1. The van der Waals surface area contributed by atoms with Gasteiger partial charge in [-0.15, -0.1) is 5.10 Å². The molecule has 1 aromatic heterocycles. The topological polar surface area (TPSA) is 76.6 Å². The first-order valence-electron chi connectivity index (χ1n) is 12.7. The normalized spacial score (nSPS) is 25.2. The number of anilines is 1. The molecule has 2 aliphatic rings. The van der Waals surface area contributed by atoms with Gasteiger partial charge in [0.15, 0.2) is 5.82 Å². The van der Waals surface area contributed by atoms with Gasteiger partial charge in [-0.1, -0.05) is 12.1 Å². The molecule has 1 saturated heterocycles. The zero-order valence-corrected chi connectivity index (χ0v) is 21.0. The highest BCUT2D eigenvalue weighted by Crippen LogP contribution is 2.35. The first-order valence-corrected chi connectivity index (χ1v) is 12.7. The van der Waals surface area contributed by atoms with Gasteiger partial charge in [0.2, 0.25) is 0 Å². The Kier molecular flexibility index (Phi) is 8.21. The van der Waals surface area contributed by atoms with Crippen molar-refractivity contribution in [1.29, 1.82) is 0 Å². The third-order valence-corrected chi connectivity index (χ3v) is 6.86. The van der Waals surface area contributed by atoms with Gasteiger partial charge in [0.25, 0.3) is 0 Å². The second-order valence-electron chi connectivity index (χ2n) is 10.7. The summed E-state index contributed by atoms with van der Waals surface area (Å²) in [5.41, 5.74) is 0.536. The summed E-state index contributed by atoms with van der Waals surface area (Å²) in [6.07, 6.45) is 6.11. The van der Waals surface area contributed by atoms with Crippen molar-refractivity contribution >= 4 is 11.9 Å². The van der Waals surface area contributed by atoms with Gasteiger partial charge in [-0.25, -0.2) is 9.18 Å². The predicted molar refractivity (Wildman–Crippen MR) is 133 cm³/mol. The standard InChI is InChI=1S/C27H37FN4O3/c1-27(2,3)35-26(33)30-24-13-15-32(25-8-5-14-29-31-25)17-21(24)18-34-23-11-9-19(10-12-23)20-6-4-7-22(28)16-20/h4-8,14,16,19,21,23-24H,9-13,15,17-18H2,1-3H3,(H,30,33)/t19-,21?,23+,24?. The summed E-state index contributed by atoms with van der Waals surface area (Å²) in [6.45, 7) is 7.64. The maximum atomic E-state index is 13.6. The number of amides is 1. The molecule has 1 aliphatic heterocycles. The van der Waals surface area contributed by atoms with Gasteiger partial charge < -0.3 is 19.7 Å². The number of benzene rings is 1. The Morgan fingerprint density at radius 2 is 1.94 bits per heavy atom. The third kappa shape index (κ3) is 7.37. The van der Waals surface area contributed by atoms with Gasteiger partial charge in [-0.05, 0) is 88.6 Å². The SMILES string of the molecule is CC(C)(C)OC(=O)NC1CCN(c2cccnn2)CC1CO[C@H]1CC[C@@H](c2cccc(F)c2)CC1. The van der Waals surface area contributed by atoms with Crippen LogP contribution in [0.2, 0.25) is 0 Å². The first kappa shape index (κ1) is 25.4. The van der Waals surface area contributed by atoms with Crippen LogP contribution >= 0.6 is 0 Å². The van der Waals surface area contributed by atoms with Gasteiger partial charge >= 0.3 is 6.09 Å². The summed E-state index contributed by atoms with van der Waals surface area (Å²) >= 11 is 0. The maximum absolute atomic E-state index is 13.6. The van der Waals surface area contributed by atoms with E-state index in [4.69, 9.17) is 9.47 Å². The molecule has 1 N–H and O–H groups in total. The smallest absolute Gasteiger partial charge is 0.407 e. The molecular formula is C27H37FN4O3. The van der Waals surface area contributed by atoms with E-state index in [-0.39, 0.29) is 23.9 Å². The fraction of sp³-hybridized carbons (Fsp3) is 0.593. The minimum atomic E-state index is -0.545. The molecule has 8 heteroatoms. The molecular weight excluding hydrogens is 447 g/mol. The molecule has 2 fully saturated rings. The number of carbonyl (C=O) groups is 1. The van der Waals surface area contributed by atoms with Crippen LogP contribution in [0.15, 0.2) is 42.6 Å². The molecule has 1 aromatic carbocycles. The van der Waals surface area contributed by atoms with E-state index in [9.17, 15) is 9.18 Å². The second kappa shape index (κ2) is 11.3. The quantitative estimate of drug-likeness (QED) is 0.616. The summed E-state index contributed by atoms with van der Waals surface area (Å²) in [4.78, 5) is 14.7. The van der Waals surface area contributed by atoms with Crippen LogP contribution in [0.5, 0.6) is 0 Å². The second-order valence-corrected chi connectivity index (χ2v) is 10.7. The number of halogens is 1. The lowest BCUT2D eigenvalue weighted by Gasteiger charge is -2.40. The van der Waals surface area contributed by atoms with Crippen LogP contribution in [-0.2, 0) is 9.47 Å². The van der Waals surface area contributed by atoms with Crippen molar-refractivity contribution in [3.05, 3.63) is 54.0 Å². The molecule has 2 unspecified atom stereocenters. The average molecular weight is 485 g/mol. The number of rotatable bonds is 6. The number of carbonyl (C=O) groups excluding carboxylic acids is 1. The molecule has 2 atom stereocenters. The van der Waals surface area contributed by atoms with Crippen LogP contribution in [-0.4, -0.2) is 53.7 Å². The Labute approximate surface area is 207 Å². The van der Waals surface area contributed by atoms with Crippen LogP contribution in [0.4, 0.5) is 15.0 Å². The van der Waals surface area contributed by atoms with Crippen molar-refractivity contribution in [2.75, 3.05) is 24.6 Å². The van der Waals surface area contributed by atoms with E-state index < -0.39 is 11.7 Å². The van der Waals surface area contributed by atoms with Crippen LogP contribution < -0.4 is 10.2 Å². The monoisotopic (exact) mass is 484 g/mol. The van der Waals surface area contributed by atoms with E-state index in [1.54, 1.807) is 18.3 Å².